The van der Waals surface area contributed by atoms with Gasteiger partial charge >= 0.3 is 0 Å². The summed E-state index contributed by atoms with van der Waals surface area (Å²) in [5.41, 5.74) is 9.19. The molecule has 2 unspecified atom stereocenters. The maximum atomic E-state index is 5.15. The monoisotopic (exact) mass is 698 g/mol. The number of hydrogen-bond donors (Lipinski definition) is 0. The van der Waals surface area contributed by atoms with Gasteiger partial charge in [-0.3, -0.25) is 0 Å². The molecule has 0 amide bonds. The molecule has 0 N–H and O–H groups in total. The van der Waals surface area contributed by atoms with Crippen LogP contribution in [0.2, 0.25) is 0 Å². The van der Waals surface area contributed by atoms with E-state index in [0.717, 1.165) is 22.4 Å². The summed E-state index contributed by atoms with van der Waals surface area (Å²) in [4.78, 5) is 15.3. The molecule has 2 aliphatic carbocycles. The number of para-hydroxylation sites is 1. The second-order valence-electron chi connectivity index (χ2n) is 14.9. The van der Waals surface area contributed by atoms with Crippen molar-refractivity contribution in [1.82, 2.24) is 19.5 Å². The summed E-state index contributed by atoms with van der Waals surface area (Å²) < 4.78 is 5.01. The molecule has 0 saturated carbocycles. The lowest BCUT2D eigenvalue weighted by Gasteiger charge is -2.29. The molecule has 0 saturated heterocycles. The van der Waals surface area contributed by atoms with Gasteiger partial charge in [-0.25, -0.2) is 15.0 Å². The SMILES string of the molecule is CC1(C)c2cc(-c3nc(-c4ccccc4)nc(-c4ccc(-n5c6ccccc6c6cc7c(cc65)sc5ccccc57)cc4)n3)ccc2C2C=CC=CC21. The molecule has 3 aromatic heterocycles. The van der Waals surface area contributed by atoms with E-state index in [4.69, 9.17) is 15.0 Å². The molecule has 0 fully saturated rings. The predicted molar refractivity (Wildman–Crippen MR) is 221 cm³/mol. The Morgan fingerprint density at radius 3 is 2.00 bits per heavy atom. The second kappa shape index (κ2) is 11.4. The van der Waals surface area contributed by atoms with Gasteiger partial charge in [0.1, 0.15) is 0 Å². The normalized spacial score (nSPS) is 17.2. The van der Waals surface area contributed by atoms with Crippen molar-refractivity contribution >= 4 is 53.3 Å². The van der Waals surface area contributed by atoms with Gasteiger partial charge < -0.3 is 4.57 Å². The molecule has 9 aromatic rings. The first-order valence-electron chi connectivity index (χ1n) is 18.3. The summed E-state index contributed by atoms with van der Waals surface area (Å²) in [5, 5.41) is 5.15. The van der Waals surface area contributed by atoms with Crippen LogP contribution in [0.4, 0.5) is 0 Å². The summed E-state index contributed by atoms with van der Waals surface area (Å²) in [7, 11) is 0. The fourth-order valence-corrected chi connectivity index (χ4v) is 10.0. The second-order valence-corrected chi connectivity index (χ2v) is 16.0. The van der Waals surface area contributed by atoms with Crippen LogP contribution in [0.3, 0.4) is 0 Å². The molecule has 6 aromatic carbocycles. The lowest BCUT2D eigenvalue weighted by molar-refractivity contribution is 0.394. The highest BCUT2D eigenvalue weighted by Crippen LogP contribution is 2.53. The van der Waals surface area contributed by atoms with E-state index >= 15 is 0 Å². The van der Waals surface area contributed by atoms with Gasteiger partial charge in [0.2, 0.25) is 0 Å². The predicted octanol–water partition coefficient (Wildman–Crippen LogP) is 12.5. The number of rotatable bonds is 4. The molecular formula is C48H34N4S. The van der Waals surface area contributed by atoms with Gasteiger partial charge in [0.05, 0.1) is 11.0 Å². The molecule has 2 aliphatic rings. The maximum absolute atomic E-state index is 5.15. The Kier molecular flexibility index (Phi) is 6.56. The van der Waals surface area contributed by atoms with Crippen LogP contribution in [0, 0.1) is 5.92 Å². The summed E-state index contributed by atoms with van der Waals surface area (Å²) in [6, 6.07) is 47.9. The minimum Gasteiger partial charge on any atom is -0.309 e. The van der Waals surface area contributed by atoms with Gasteiger partial charge in [-0.05, 0) is 77.1 Å². The van der Waals surface area contributed by atoms with Gasteiger partial charge in [-0.1, -0.05) is 117 Å². The molecule has 0 spiro atoms. The van der Waals surface area contributed by atoms with Crippen molar-refractivity contribution in [1.29, 1.82) is 0 Å². The average molecular weight is 699 g/mol. The Bertz CT molecular complexity index is 2980. The van der Waals surface area contributed by atoms with E-state index in [1.807, 2.05) is 29.5 Å². The molecule has 5 heteroatoms. The Morgan fingerprint density at radius 2 is 1.19 bits per heavy atom. The molecule has 0 bridgehead atoms. The van der Waals surface area contributed by atoms with Gasteiger partial charge in [0.15, 0.2) is 17.5 Å². The molecule has 0 radical (unpaired) electrons. The average Bonchev–Trinajstić information content (AvgIpc) is 3.82. The van der Waals surface area contributed by atoms with Crippen LogP contribution >= 0.6 is 11.3 Å². The van der Waals surface area contributed by atoms with Gasteiger partial charge in [-0.15, -0.1) is 11.3 Å². The zero-order valence-electron chi connectivity index (χ0n) is 29.4. The molecule has 53 heavy (non-hydrogen) atoms. The van der Waals surface area contributed by atoms with E-state index in [1.54, 1.807) is 0 Å². The van der Waals surface area contributed by atoms with E-state index in [1.165, 1.54) is 53.1 Å². The van der Waals surface area contributed by atoms with E-state index in [2.05, 4.69) is 158 Å². The molecular weight excluding hydrogens is 665 g/mol. The van der Waals surface area contributed by atoms with Crippen LogP contribution in [0.1, 0.15) is 30.9 Å². The number of benzene rings is 6. The first-order valence-corrected chi connectivity index (χ1v) is 19.1. The Hall–Kier alpha value is -6.17. The third-order valence-corrected chi connectivity index (χ3v) is 12.7. The first-order chi connectivity index (χ1) is 26.0. The highest BCUT2D eigenvalue weighted by Gasteiger charge is 2.44. The first kappa shape index (κ1) is 30.5. The topological polar surface area (TPSA) is 43.6 Å². The third kappa shape index (κ3) is 4.63. The van der Waals surface area contributed by atoms with E-state index in [0.29, 0.717) is 29.3 Å². The van der Waals surface area contributed by atoms with Crippen molar-refractivity contribution in [2.24, 2.45) is 5.92 Å². The zero-order chi connectivity index (χ0) is 35.3. The quantitative estimate of drug-likeness (QED) is 0.184. The van der Waals surface area contributed by atoms with Crippen molar-refractivity contribution in [3.05, 3.63) is 169 Å². The number of thiophene rings is 1. The number of hydrogen-bond acceptors (Lipinski definition) is 4. The molecule has 0 aliphatic heterocycles. The largest absolute Gasteiger partial charge is 0.309 e. The minimum absolute atomic E-state index is 0.000772. The van der Waals surface area contributed by atoms with Crippen LogP contribution < -0.4 is 0 Å². The highest BCUT2D eigenvalue weighted by molar-refractivity contribution is 7.25. The molecule has 4 nitrogen and oxygen atoms in total. The number of aromatic nitrogens is 4. The van der Waals surface area contributed by atoms with Gasteiger partial charge in [0, 0.05) is 59.2 Å². The van der Waals surface area contributed by atoms with Crippen molar-refractivity contribution in [2.45, 2.75) is 25.2 Å². The van der Waals surface area contributed by atoms with E-state index in [9.17, 15) is 0 Å². The molecule has 3 heterocycles. The minimum atomic E-state index is 0.000772. The number of allylic oxidation sites excluding steroid dienone is 4. The number of nitrogens with zero attached hydrogens (tertiary/aromatic N) is 4. The van der Waals surface area contributed by atoms with Crippen molar-refractivity contribution in [3.8, 4) is 39.9 Å². The van der Waals surface area contributed by atoms with Crippen molar-refractivity contribution in [3.63, 3.8) is 0 Å². The van der Waals surface area contributed by atoms with Crippen molar-refractivity contribution in [2.75, 3.05) is 0 Å². The highest BCUT2D eigenvalue weighted by atomic mass is 32.1. The standard InChI is InChI=1S/C48H34N4S/c1-48(2)39-17-9-6-14-33(39)34-25-22-31(26-40(34)48)47-50-45(29-12-4-3-5-13-29)49-46(51-47)30-20-23-32(24-21-30)52-41-18-10-7-15-35(41)37-27-38-36-16-8-11-19-43(36)53-44(38)28-42(37)52/h3-28,33,39H,1-2H3. The smallest absolute Gasteiger partial charge is 0.164 e. The summed E-state index contributed by atoms with van der Waals surface area (Å²) >= 11 is 1.86. The van der Waals surface area contributed by atoms with Gasteiger partial charge in [-0.2, -0.15) is 0 Å². The lowest BCUT2D eigenvalue weighted by atomic mass is 9.74. The van der Waals surface area contributed by atoms with E-state index < -0.39 is 0 Å². The molecule has 2 atom stereocenters. The Morgan fingerprint density at radius 1 is 0.528 bits per heavy atom. The summed E-state index contributed by atoms with van der Waals surface area (Å²) in [6.45, 7) is 4.73. The Labute approximate surface area is 311 Å². The van der Waals surface area contributed by atoms with Crippen LogP contribution in [-0.2, 0) is 5.41 Å². The number of fused-ring (bicyclic) bond motifs is 9. The van der Waals surface area contributed by atoms with Crippen LogP contribution in [0.5, 0.6) is 0 Å². The van der Waals surface area contributed by atoms with Crippen LogP contribution in [0.15, 0.2) is 158 Å². The summed E-state index contributed by atoms with van der Waals surface area (Å²) in [5.74, 6) is 2.86. The fourth-order valence-electron chi connectivity index (χ4n) is 8.89. The lowest BCUT2D eigenvalue weighted by Crippen LogP contribution is -2.24. The third-order valence-electron chi connectivity index (χ3n) is 11.6. The van der Waals surface area contributed by atoms with E-state index in [-0.39, 0.29) is 5.41 Å². The fraction of sp³-hybridized carbons (Fsp3) is 0.104. The van der Waals surface area contributed by atoms with Crippen molar-refractivity contribution < 1.29 is 0 Å². The summed E-state index contributed by atoms with van der Waals surface area (Å²) in [6.07, 6.45) is 9.09. The van der Waals surface area contributed by atoms with Crippen LogP contribution in [-0.4, -0.2) is 19.5 Å². The Balaban J connectivity index is 1.04. The maximum Gasteiger partial charge on any atom is 0.164 e. The van der Waals surface area contributed by atoms with Gasteiger partial charge in [0.25, 0.3) is 0 Å². The molecule has 11 rings (SSSR count). The zero-order valence-corrected chi connectivity index (χ0v) is 30.2. The van der Waals surface area contributed by atoms with Crippen LogP contribution in [0.25, 0.3) is 81.8 Å². The molecule has 252 valence electrons.